The molecule has 0 aromatic carbocycles. The van der Waals surface area contributed by atoms with Crippen LogP contribution in [0.5, 0.6) is 0 Å². The number of hydrogen-bond acceptors (Lipinski definition) is 3. The van der Waals surface area contributed by atoms with Crippen LogP contribution in [-0.4, -0.2) is 29.5 Å². The van der Waals surface area contributed by atoms with Gasteiger partial charge in [-0.05, 0) is 50.2 Å². The second kappa shape index (κ2) is 6.17. The fourth-order valence-corrected chi connectivity index (χ4v) is 2.73. The highest BCUT2D eigenvalue weighted by molar-refractivity contribution is 9.10. The molecule has 1 aromatic rings. The Hall–Kier alpha value is -0.390. The predicted molar refractivity (Wildman–Crippen MR) is 77.8 cm³/mol. The molecule has 0 saturated carbocycles. The van der Waals surface area contributed by atoms with Gasteiger partial charge in [-0.2, -0.15) is 5.10 Å². The van der Waals surface area contributed by atoms with Gasteiger partial charge in [0.15, 0.2) is 0 Å². The van der Waals surface area contributed by atoms with Crippen molar-refractivity contribution >= 4 is 15.9 Å². The monoisotopic (exact) mass is 317 g/mol. The lowest BCUT2D eigenvalue weighted by Gasteiger charge is -2.36. The molecule has 0 fully saturated rings. The Kier molecular flexibility index (Phi) is 5.37. The molecule has 0 radical (unpaired) electrons. The average molecular weight is 318 g/mol. The molecule has 1 rings (SSSR count). The number of aromatic nitrogens is 2. The van der Waals surface area contributed by atoms with E-state index in [4.69, 9.17) is 4.74 Å². The first-order chi connectivity index (χ1) is 8.41. The average Bonchev–Trinajstić information content (AvgIpc) is 2.72. The number of methoxy groups -OCH3 is 1. The van der Waals surface area contributed by atoms with Gasteiger partial charge < -0.3 is 10.1 Å². The SMILES string of the molecule is CCC(C)(OC)C(NC)c1c(Br)cnn1C(C)C. The zero-order valence-electron chi connectivity index (χ0n) is 12.1. The van der Waals surface area contributed by atoms with Crippen LogP contribution in [0.25, 0.3) is 0 Å². The Labute approximate surface area is 118 Å². The molecule has 0 aliphatic rings. The van der Waals surface area contributed by atoms with Gasteiger partial charge in [-0.1, -0.05) is 6.92 Å². The van der Waals surface area contributed by atoms with Crippen molar-refractivity contribution in [3.8, 4) is 0 Å². The summed E-state index contributed by atoms with van der Waals surface area (Å²) in [5.74, 6) is 0. The van der Waals surface area contributed by atoms with Gasteiger partial charge in [-0.15, -0.1) is 0 Å². The second-order valence-corrected chi connectivity index (χ2v) is 5.86. The molecule has 0 spiro atoms. The molecular formula is C13H24BrN3O. The van der Waals surface area contributed by atoms with Crippen molar-refractivity contribution in [2.24, 2.45) is 0 Å². The minimum absolute atomic E-state index is 0.0896. The number of hydrogen-bond donors (Lipinski definition) is 1. The van der Waals surface area contributed by atoms with Crippen molar-refractivity contribution in [2.75, 3.05) is 14.2 Å². The van der Waals surface area contributed by atoms with Gasteiger partial charge in [0.25, 0.3) is 0 Å². The van der Waals surface area contributed by atoms with Crippen LogP contribution >= 0.6 is 15.9 Å². The summed E-state index contributed by atoms with van der Waals surface area (Å²) in [5, 5.41) is 7.81. The molecule has 0 aliphatic carbocycles. The third-order valence-electron chi connectivity index (χ3n) is 3.62. The smallest absolute Gasteiger partial charge is 0.0857 e. The molecule has 5 heteroatoms. The third kappa shape index (κ3) is 2.78. The number of likely N-dealkylation sites (N-methyl/N-ethyl adjacent to an activating group) is 1. The maximum Gasteiger partial charge on any atom is 0.0857 e. The molecular weight excluding hydrogens is 294 g/mol. The molecule has 0 bridgehead atoms. The highest BCUT2D eigenvalue weighted by Crippen LogP contribution is 2.36. The summed E-state index contributed by atoms with van der Waals surface area (Å²) in [4.78, 5) is 0. The molecule has 1 N–H and O–H groups in total. The van der Waals surface area contributed by atoms with E-state index in [0.717, 1.165) is 16.6 Å². The fraction of sp³-hybridized carbons (Fsp3) is 0.769. The summed E-state index contributed by atoms with van der Waals surface area (Å²) in [7, 11) is 3.72. The highest BCUT2D eigenvalue weighted by Gasteiger charge is 2.36. The normalized spacial score (nSPS) is 16.9. The number of nitrogens with zero attached hydrogens (tertiary/aromatic N) is 2. The summed E-state index contributed by atoms with van der Waals surface area (Å²) in [5.41, 5.74) is 0.878. The van der Waals surface area contributed by atoms with Gasteiger partial charge in [0.1, 0.15) is 0 Å². The maximum absolute atomic E-state index is 5.73. The first-order valence-corrected chi connectivity index (χ1v) is 7.15. The molecule has 0 aliphatic heterocycles. The lowest BCUT2D eigenvalue weighted by atomic mass is 9.90. The Balaban J connectivity index is 3.28. The molecule has 0 amide bonds. The molecule has 1 heterocycles. The Morgan fingerprint density at radius 2 is 2.17 bits per heavy atom. The van der Waals surface area contributed by atoms with E-state index in [2.05, 4.69) is 54.0 Å². The van der Waals surface area contributed by atoms with Crippen LogP contribution in [0, 0.1) is 0 Å². The van der Waals surface area contributed by atoms with Gasteiger partial charge in [-0.3, -0.25) is 4.68 Å². The van der Waals surface area contributed by atoms with Crippen LogP contribution in [0.15, 0.2) is 10.7 Å². The van der Waals surface area contributed by atoms with Gasteiger partial charge in [0.2, 0.25) is 0 Å². The summed E-state index contributed by atoms with van der Waals surface area (Å²) < 4.78 is 8.79. The van der Waals surface area contributed by atoms with Gasteiger partial charge in [0, 0.05) is 13.2 Å². The van der Waals surface area contributed by atoms with Gasteiger partial charge in [-0.25, -0.2) is 0 Å². The molecule has 1 aromatic heterocycles. The minimum atomic E-state index is -0.260. The second-order valence-electron chi connectivity index (χ2n) is 5.01. The molecule has 2 atom stereocenters. The Morgan fingerprint density at radius 3 is 2.56 bits per heavy atom. The van der Waals surface area contributed by atoms with E-state index < -0.39 is 0 Å². The van der Waals surface area contributed by atoms with E-state index in [9.17, 15) is 0 Å². The van der Waals surface area contributed by atoms with Crippen LogP contribution in [0.2, 0.25) is 0 Å². The van der Waals surface area contributed by atoms with Crippen LogP contribution in [0.3, 0.4) is 0 Å². The molecule has 0 saturated heterocycles. The molecule has 104 valence electrons. The minimum Gasteiger partial charge on any atom is -0.376 e. The van der Waals surface area contributed by atoms with Crippen molar-refractivity contribution in [1.82, 2.24) is 15.1 Å². The van der Waals surface area contributed by atoms with Crippen molar-refractivity contribution in [2.45, 2.75) is 51.8 Å². The summed E-state index contributed by atoms with van der Waals surface area (Å²) in [6.45, 7) is 8.52. The zero-order chi connectivity index (χ0) is 13.9. The lowest BCUT2D eigenvalue weighted by Crippen LogP contribution is -2.43. The van der Waals surface area contributed by atoms with Crippen LogP contribution in [-0.2, 0) is 4.74 Å². The summed E-state index contributed by atoms with van der Waals surface area (Å²) in [6, 6.07) is 0.409. The largest absolute Gasteiger partial charge is 0.376 e. The zero-order valence-corrected chi connectivity index (χ0v) is 13.7. The Bertz CT molecular complexity index is 386. The highest BCUT2D eigenvalue weighted by atomic mass is 79.9. The number of ether oxygens (including phenoxy) is 1. The maximum atomic E-state index is 5.73. The van der Waals surface area contributed by atoms with E-state index >= 15 is 0 Å². The molecule has 18 heavy (non-hydrogen) atoms. The van der Waals surface area contributed by atoms with Gasteiger partial charge >= 0.3 is 0 Å². The molecule has 2 unspecified atom stereocenters. The summed E-state index contributed by atoms with van der Waals surface area (Å²) in [6.07, 6.45) is 2.77. The Morgan fingerprint density at radius 1 is 1.56 bits per heavy atom. The summed E-state index contributed by atoms with van der Waals surface area (Å²) >= 11 is 3.60. The van der Waals surface area contributed by atoms with Crippen LogP contribution in [0.1, 0.15) is 51.9 Å². The van der Waals surface area contributed by atoms with E-state index in [1.165, 1.54) is 0 Å². The topological polar surface area (TPSA) is 39.1 Å². The number of nitrogens with one attached hydrogen (secondary N) is 1. The van der Waals surface area contributed by atoms with Crippen molar-refractivity contribution in [3.05, 3.63) is 16.4 Å². The van der Waals surface area contributed by atoms with Crippen LogP contribution < -0.4 is 5.32 Å². The standard InChI is InChI=1S/C13H24BrN3O/c1-7-13(4,18-6)12(15-5)11-10(14)8-16-17(11)9(2)3/h8-9,12,15H,7H2,1-6H3. The quantitative estimate of drug-likeness (QED) is 0.875. The van der Waals surface area contributed by atoms with Crippen LogP contribution in [0.4, 0.5) is 0 Å². The molecule has 4 nitrogen and oxygen atoms in total. The van der Waals surface area contributed by atoms with Crippen molar-refractivity contribution in [3.63, 3.8) is 0 Å². The first-order valence-electron chi connectivity index (χ1n) is 6.36. The third-order valence-corrected chi connectivity index (χ3v) is 4.23. The fourth-order valence-electron chi connectivity index (χ4n) is 2.23. The predicted octanol–water partition coefficient (Wildman–Crippen LogP) is 3.30. The van der Waals surface area contributed by atoms with Gasteiger partial charge in [0.05, 0.1) is 28.0 Å². The van der Waals surface area contributed by atoms with E-state index in [1.807, 2.05) is 17.9 Å². The number of halogens is 1. The van der Waals surface area contributed by atoms with E-state index in [-0.39, 0.29) is 11.6 Å². The van der Waals surface area contributed by atoms with Crippen molar-refractivity contribution < 1.29 is 4.74 Å². The lowest BCUT2D eigenvalue weighted by molar-refractivity contribution is -0.0306. The van der Waals surface area contributed by atoms with Crippen molar-refractivity contribution in [1.29, 1.82) is 0 Å². The first kappa shape index (κ1) is 15.7. The number of rotatable bonds is 6. The van der Waals surface area contributed by atoms with E-state index in [1.54, 1.807) is 7.11 Å². The van der Waals surface area contributed by atoms with E-state index in [0.29, 0.717) is 6.04 Å².